The highest BCUT2D eigenvalue weighted by atomic mass is 19.1. The Balaban J connectivity index is 2.28. The molecule has 0 amide bonds. The van der Waals surface area contributed by atoms with Crippen molar-refractivity contribution in [3.05, 3.63) is 59.2 Å². The monoisotopic (exact) mass is 262 g/mol. The number of ketones is 1. The molecule has 0 aliphatic carbocycles. The third kappa shape index (κ3) is 2.96. The van der Waals surface area contributed by atoms with Crippen LogP contribution in [0.3, 0.4) is 0 Å². The number of carbonyl (C=O) groups is 1. The highest BCUT2D eigenvalue weighted by molar-refractivity contribution is 5.94. The van der Waals surface area contributed by atoms with Gasteiger partial charge in [-0.3, -0.25) is 4.79 Å². The van der Waals surface area contributed by atoms with Crippen molar-refractivity contribution in [2.75, 3.05) is 0 Å². The zero-order valence-electron chi connectivity index (χ0n) is 10.5. The van der Waals surface area contributed by atoms with Crippen LogP contribution in [0.15, 0.2) is 36.4 Å². The summed E-state index contributed by atoms with van der Waals surface area (Å²) in [5.41, 5.74) is 0.750. The molecule has 4 heteroatoms. The molecule has 0 spiro atoms. The molecule has 0 aromatic heterocycles. The molecule has 2 aromatic rings. The van der Waals surface area contributed by atoms with Crippen molar-refractivity contribution in [2.24, 2.45) is 0 Å². The van der Waals surface area contributed by atoms with E-state index in [1.807, 2.05) is 0 Å². The van der Waals surface area contributed by atoms with E-state index in [9.17, 15) is 13.6 Å². The van der Waals surface area contributed by atoms with E-state index in [2.05, 4.69) is 0 Å². The number of aryl methyl sites for hydroxylation is 1. The molecule has 2 rings (SSSR count). The van der Waals surface area contributed by atoms with Gasteiger partial charge in [-0.05, 0) is 43.7 Å². The maximum atomic E-state index is 13.7. The van der Waals surface area contributed by atoms with Gasteiger partial charge in [-0.2, -0.15) is 0 Å². The Kier molecular flexibility index (Phi) is 3.60. The molecular weight excluding hydrogens is 250 g/mol. The zero-order valence-corrected chi connectivity index (χ0v) is 10.5. The van der Waals surface area contributed by atoms with Crippen LogP contribution in [0.1, 0.15) is 22.8 Å². The molecule has 0 fully saturated rings. The van der Waals surface area contributed by atoms with Crippen LogP contribution in [-0.4, -0.2) is 5.78 Å². The lowest BCUT2D eigenvalue weighted by atomic mass is 10.1. The second kappa shape index (κ2) is 5.18. The summed E-state index contributed by atoms with van der Waals surface area (Å²) in [5, 5.41) is 0. The van der Waals surface area contributed by atoms with E-state index in [4.69, 9.17) is 4.74 Å². The summed E-state index contributed by atoms with van der Waals surface area (Å²) in [4.78, 5) is 11.1. The van der Waals surface area contributed by atoms with E-state index in [0.29, 0.717) is 5.56 Å². The third-order valence-electron chi connectivity index (χ3n) is 2.71. The summed E-state index contributed by atoms with van der Waals surface area (Å²) >= 11 is 0. The Morgan fingerprint density at radius 1 is 1.05 bits per heavy atom. The summed E-state index contributed by atoms with van der Waals surface area (Å²) in [5.74, 6) is -1.15. The molecule has 0 atom stereocenters. The van der Waals surface area contributed by atoms with Gasteiger partial charge in [0.05, 0.1) is 0 Å². The Hall–Kier alpha value is -2.23. The van der Waals surface area contributed by atoms with Crippen LogP contribution in [0.25, 0.3) is 0 Å². The predicted octanol–water partition coefficient (Wildman–Crippen LogP) is 4.27. The zero-order chi connectivity index (χ0) is 14.0. The molecule has 0 bridgehead atoms. The maximum Gasteiger partial charge on any atom is 0.166 e. The number of hydrogen-bond acceptors (Lipinski definition) is 2. The standard InChI is InChI=1S/C15H12F2O2/c1-9-3-5-12(8-13(9)16)19-15-6-4-11(10(2)18)7-14(15)17/h3-8H,1-2H3. The molecule has 0 radical (unpaired) electrons. The van der Waals surface area contributed by atoms with Crippen molar-refractivity contribution in [3.63, 3.8) is 0 Å². The molecule has 0 saturated heterocycles. The number of Topliss-reactive ketones (excluding diaryl/α,β-unsaturated/α-hetero) is 1. The van der Waals surface area contributed by atoms with E-state index in [1.165, 1.54) is 25.1 Å². The first-order chi connectivity index (χ1) is 8.97. The fourth-order valence-electron chi connectivity index (χ4n) is 1.57. The summed E-state index contributed by atoms with van der Waals surface area (Å²) in [6.45, 7) is 2.98. The van der Waals surface area contributed by atoms with Gasteiger partial charge in [0, 0.05) is 11.6 Å². The molecule has 0 heterocycles. The normalized spacial score (nSPS) is 10.3. The van der Waals surface area contributed by atoms with Gasteiger partial charge >= 0.3 is 0 Å². The van der Waals surface area contributed by atoms with Gasteiger partial charge < -0.3 is 4.74 Å². The summed E-state index contributed by atoms with van der Waals surface area (Å²) in [6, 6.07) is 8.20. The van der Waals surface area contributed by atoms with Crippen molar-refractivity contribution < 1.29 is 18.3 Å². The number of ether oxygens (including phenoxy) is 1. The molecule has 98 valence electrons. The second-order valence-corrected chi connectivity index (χ2v) is 4.21. The Morgan fingerprint density at radius 2 is 1.79 bits per heavy atom. The van der Waals surface area contributed by atoms with Gasteiger partial charge in [0.15, 0.2) is 17.3 Å². The van der Waals surface area contributed by atoms with Crippen LogP contribution < -0.4 is 4.74 Å². The van der Waals surface area contributed by atoms with Crippen molar-refractivity contribution in [1.29, 1.82) is 0 Å². The lowest BCUT2D eigenvalue weighted by molar-refractivity contribution is 0.101. The van der Waals surface area contributed by atoms with Gasteiger partial charge in [0.25, 0.3) is 0 Å². The summed E-state index contributed by atoms with van der Waals surface area (Å²) < 4.78 is 32.3. The molecule has 2 aromatic carbocycles. The number of rotatable bonds is 3. The lowest BCUT2D eigenvalue weighted by Crippen LogP contribution is -1.95. The van der Waals surface area contributed by atoms with Gasteiger partial charge in [0.1, 0.15) is 11.6 Å². The quantitative estimate of drug-likeness (QED) is 0.772. The molecule has 2 nitrogen and oxygen atoms in total. The van der Waals surface area contributed by atoms with Crippen LogP contribution in [0.2, 0.25) is 0 Å². The fourth-order valence-corrected chi connectivity index (χ4v) is 1.57. The SMILES string of the molecule is CC(=O)c1ccc(Oc2ccc(C)c(F)c2)c(F)c1. The molecule has 0 unspecified atom stereocenters. The average Bonchev–Trinajstić information content (AvgIpc) is 2.36. The highest BCUT2D eigenvalue weighted by Gasteiger charge is 2.09. The Morgan fingerprint density at radius 3 is 2.37 bits per heavy atom. The number of hydrogen-bond donors (Lipinski definition) is 0. The van der Waals surface area contributed by atoms with Crippen LogP contribution >= 0.6 is 0 Å². The minimum absolute atomic E-state index is 0.0479. The topological polar surface area (TPSA) is 26.3 Å². The van der Waals surface area contributed by atoms with Crippen molar-refractivity contribution in [3.8, 4) is 11.5 Å². The van der Waals surface area contributed by atoms with Gasteiger partial charge in [-0.15, -0.1) is 0 Å². The smallest absolute Gasteiger partial charge is 0.166 e. The average molecular weight is 262 g/mol. The Labute approximate surface area is 109 Å². The minimum atomic E-state index is -0.659. The lowest BCUT2D eigenvalue weighted by Gasteiger charge is -2.08. The number of carbonyl (C=O) groups excluding carboxylic acids is 1. The first-order valence-electron chi connectivity index (χ1n) is 5.72. The number of halogens is 2. The summed E-state index contributed by atoms with van der Waals surface area (Å²) in [7, 11) is 0. The predicted molar refractivity (Wildman–Crippen MR) is 67.6 cm³/mol. The van der Waals surface area contributed by atoms with Gasteiger partial charge in [0.2, 0.25) is 0 Å². The fraction of sp³-hybridized carbons (Fsp3) is 0.133. The molecular formula is C15H12F2O2. The third-order valence-corrected chi connectivity index (χ3v) is 2.71. The molecule has 0 saturated carbocycles. The van der Waals surface area contributed by atoms with E-state index in [0.717, 1.165) is 6.07 Å². The van der Waals surface area contributed by atoms with Crippen LogP contribution in [0.4, 0.5) is 8.78 Å². The molecule has 19 heavy (non-hydrogen) atoms. The van der Waals surface area contributed by atoms with E-state index in [-0.39, 0.29) is 22.8 Å². The van der Waals surface area contributed by atoms with Crippen LogP contribution in [0.5, 0.6) is 11.5 Å². The highest BCUT2D eigenvalue weighted by Crippen LogP contribution is 2.26. The van der Waals surface area contributed by atoms with Crippen LogP contribution in [0, 0.1) is 18.6 Å². The largest absolute Gasteiger partial charge is 0.454 e. The maximum absolute atomic E-state index is 13.7. The summed E-state index contributed by atoms with van der Waals surface area (Å²) in [6.07, 6.45) is 0. The van der Waals surface area contributed by atoms with Crippen molar-refractivity contribution in [2.45, 2.75) is 13.8 Å². The second-order valence-electron chi connectivity index (χ2n) is 4.21. The minimum Gasteiger partial charge on any atom is -0.454 e. The molecule has 0 N–H and O–H groups in total. The first kappa shape index (κ1) is 13.2. The van der Waals surface area contributed by atoms with E-state index in [1.54, 1.807) is 19.1 Å². The number of benzene rings is 2. The van der Waals surface area contributed by atoms with Crippen molar-refractivity contribution in [1.82, 2.24) is 0 Å². The first-order valence-corrected chi connectivity index (χ1v) is 5.72. The Bertz CT molecular complexity index is 636. The van der Waals surface area contributed by atoms with Crippen molar-refractivity contribution >= 4 is 5.78 Å². The van der Waals surface area contributed by atoms with E-state index < -0.39 is 11.6 Å². The van der Waals surface area contributed by atoms with Gasteiger partial charge in [-0.25, -0.2) is 8.78 Å². The van der Waals surface area contributed by atoms with Crippen LogP contribution in [-0.2, 0) is 0 Å². The van der Waals surface area contributed by atoms with Gasteiger partial charge in [-0.1, -0.05) is 6.07 Å². The molecule has 0 aliphatic heterocycles. The molecule has 0 aliphatic rings. The van der Waals surface area contributed by atoms with E-state index >= 15 is 0 Å².